The third kappa shape index (κ3) is 58.3. The zero-order chi connectivity index (χ0) is 61.7. The number of esters is 4. The third-order valence-corrected chi connectivity index (χ3v) is 15.9. The minimum absolute atomic E-state index is 0.0833. The van der Waals surface area contributed by atoms with Crippen molar-refractivity contribution in [3.05, 3.63) is 24.3 Å². The molecule has 0 fully saturated rings. The first-order chi connectivity index (χ1) is 39.7. The summed E-state index contributed by atoms with van der Waals surface area (Å²) in [7, 11) is -9.90. The van der Waals surface area contributed by atoms with Gasteiger partial charge in [-0.25, -0.2) is 9.13 Å². The van der Waals surface area contributed by atoms with Crippen LogP contribution in [-0.4, -0.2) is 96.7 Å². The number of phosphoric ester groups is 2. The number of unbranched alkanes of at least 4 members (excludes halogenated alkanes) is 25. The van der Waals surface area contributed by atoms with Crippen molar-refractivity contribution in [2.45, 2.75) is 304 Å². The molecule has 0 heterocycles. The predicted octanol–water partition coefficient (Wildman–Crippen LogP) is 17.1. The van der Waals surface area contributed by atoms with E-state index in [1.165, 1.54) is 70.6 Å². The number of aliphatic hydroxyl groups is 1. The van der Waals surface area contributed by atoms with Crippen LogP contribution in [-0.2, 0) is 65.4 Å². The second-order valence-corrected chi connectivity index (χ2v) is 26.8. The maximum atomic E-state index is 13.0. The van der Waals surface area contributed by atoms with Gasteiger partial charge in [0.2, 0.25) is 0 Å². The highest BCUT2D eigenvalue weighted by molar-refractivity contribution is 7.47. The van der Waals surface area contributed by atoms with Crippen LogP contribution in [0.15, 0.2) is 24.3 Å². The van der Waals surface area contributed by atoms with E-state index in [2.05, 4.69) is 72.8 Å². The maximum Gasteiger partial charge on any atom is 0.472 e. The van der Waals surface area contributed by atoms with Gasteiger partial charge in [0.15, 0.2) is 12.2 Å². The molecule has 3 unspecified atom stereocenters. The monoisotopic (exact) mass is 1220 g/mol. The molecule has 0 spiro atoms. The van der Waals surface area contributed by atoms with Gasteiger partial charge in [-0.15, -0.1) is 0 Å². The van der Waals surface area contributed by atoms with Crippen LogP contribution in [0, 0.1) is 17.8 Å². The molecular weight excluding hydrogens is 1100 g/mol. The van der Waals surface area contributed by atoms with Gasteiger partial charge < -0.3 is 33.8 Å². The molecule has 19 heteroatoms. The minimum atomic E-state index is -4.95. The molecule has 3 N–H and O–H groups in total. The number of hydrogen-bond acceptors (Lipinski definition) is 15. The summed E-state index contributed by atoms with van der Waals surface area (Å²) in [6.45, 7) is 11.5. The van der Waals surface area contributed by atoms with E-state index in [-0.39, 0.29) is 25.7 Å². The van der Waals surface area contributed by atoms with E-state index in [9.17, 15) is 43.2 Å². The average Bonchev–Trinajstić information content (AvgIpc) is 3.45. The van der Waals surface area contributed by atoms with Crippen LogP contribution < -0.4 is 0 Å². The van der Waals surface area contributed by atoms with E-state index < -0.39 is 97.5 Å². The standard InChI is InChI=1S/C64H120O17P2/c1-8-9-10-11-12-13-14-15-16-17-18-19-22-33-40-47-63(68)80-59(51-74-61(66)45-38-31-23-20-21-28-35-42-55(2)3)53-78-82(70,71)76-49-58(65)50-77-83(72,73)79-54-60(81-64(69)48-41-34-27-25-30-37-44-57(6)7)52-75-62(67)46-39-32-26-24-29-36-43-56(4)5/h13-16,55-60,65H,8-12,17-54H2,1-7H3,(H,70,71)(H,72,73)/b14-13-,16-15-/t58?,59-,60-/m1/s1. The number of rotatable bonds is 60. The normalized spacial score (nSPS) is 14.6. The van der Waals surface area contributed by atoms with Gasteiger partial charge in [-0.3, -0.25) is 37.3 Å². The van der Waals surface area contributed by atoms with E-state index in [1.54, 1.807) is 0 Å². The maximum absolute atomic E-state index is 13.0. The zero-order valence-corrected chi connectivity index (χ0v) is 54.9. The van der Waals surface area contributed by atoms with Gasteiger partial charge in [-0.1, -0.05) is 233 Å². The molecule has 0 amide bonds. The van der Waals surface area contributed by atoms with Crippen molar-refractivity contribution in [1.29, 1.82) is 0 Å². The van der Waals surface area contributed by atoms with Crippen molar-refractivity contribution in [2.75, 3.05) is 39.6 Å². The van der Waals surface area contributed by atoms with Gasteiger partial charge in [0.05, 0.1) is 26.4 Å². The quantitative estimate of drug-likeness (QED) is 0.0169. The van der Waals surface area contributed by atoms with E-state index in [0.29, 0.717) is 43.4 Å². The van der Waals surface area contributed by atoms with Crippen LogP contribution in [0.4, 0.5) is 0 Å². The lowest BCUT2D eigenvalue weighted by Crippen LogP contribution is -2.30. The molecule has 17 nitrogen and oxygen atoms in total. The minimum Gasteiger partial charge on any atom is -0.462 e. The van der Waals surface area contributed by atoms with Crippen molar-refractivity contribution in [2.24, 2.45) is 17.8 Å². The summed E-state index contributed by atoms with van der Waals surface area (Å²) in [6, 6.07) is 0. The van der Waals surface area contributed by atoms with Crippen LogP contribution in [0.3, 0.4) is 0 Å². The smallest absolute Gasteiger partial charge is 0.462 e. The number of aliphatic hydroxyl groups excluding tert-OH is 1. The Morgan fingerprint density at radius 3 is 0.976 bits per heavy atom. The fourth-order valence-electron chi connectivity index (χ4n) is 8.94. The van der Waals surface area contributed by atoms with Gasteiger partial charge in [0.1, 0.15) is 19.3 Å². The molecule has 0 rings (SSSR count). The van der Waals surface area contributed by atoms with Crippen LogP contribution in [0.1, 0.15) is 286 Å². The molecule has 0 saturated carbocycles. The molecule has 488 valence electrons. The molecule has 0 aromatic carbocycles. The zero-order valence-electron chi connectivity index (χ0n) is 53.1. The number of carbonyl (C=O) groups excluding carboxylic acids is 4. The van der Waals surface area contributed by atoms with Gasteiger partial charge in [-0.05, 0) is 69.1 Å². The molecule has 0 radical (unpaired) electrons. The lowest BCUT2D eigenvalue weighted by molar-refractivity contribution is -0.161. The first kappa shape index (κ1) is 80.5. The lowest BCUT2D eigenvalue weighted by atomic mass is 10.0. The highest BCUT2D eigenvalue weighted by Gasteiger charge is 2.30. The summed E-state index contributed by atoms with van der Waals surface area (Å²) in [5, 5.41) is 10.5. The first-order valence-corrected chi connectivity index (χ1v) is 35.7. The van der Waals surface area contributed by atoms with Crippen molar-refractivity contribution in [3.63, 3.8) is 0 Å². The van der Waals surface area contributed by atoms with Crippen molar-refractivity contribution < 1.29 is 80.2 Å². The fourth-order valence-corrected chi connectivity index (χ4v) is 10.5. The summed E-state index contributed by atoms with van der Waals surface area (Å²) in [5.74, 6) is -0.127. The van der Waals surface area contributed by atoms with E-state index >= 15 is 0 Å². The largest absolute Gasteiger partial charge is 0.472 e. The topological polar surface area (TPSA) is 237 Å². The first-order valence-electron chi connectivity index (χ1n) is 32.7. The second kappa shape index (κ2) is 54.9. The summed E-state index contributed by atoms with van der Waals surface area (Å²) in [5.41, 5.74) is 0. The lowest BCUT2D eigenvalue weighted by Gasteiger charge is -2.21. The van der Waals surface area contributed by atoms with Gasteiger partial charge in [0.25, 0.3) is 0 Å². The van der Waals surface area contributed by atoms with Gasteiger partial charge in [0, 0.05) is 25.7 Å². The highest BCUT2D eigenvalue weighted by Crippen LogP contribution is 2.45. The average molecular weight is 1220 g/mol. The number of hydrogen-bond donors (Lipinski definition) is 3. The number of phosphoric acid groups is 2. The van der Waals surface area contributed by atoms with Crippen molar-refractivity contribution in [1.82, 2.24) is 0 Å². The Bertz CT molecular complexity index is 1740. The molecule has 0 bridgehead atoms. The van der Waals surface area contributed by atoms with E-state index in [4.69, 9.17) is 37.0 Å². The van der Waals surface area contributed by atoms with E-state index in [0.717, 1.165) is 116 Å². The Balaban J connectivity index is 5.27. The van der Waals surface area contributed by atoms with Crippen LogP contribution in [0.5, 0.6) is 0 Å². The molecule has 5 atom stereocenters. The molecule has 0 aromatic rings. The Hall–Kier alpha value is -2.46. The van der Waals surface area contributed by atoms with Crippen LogP contribution in [0.2, 0.25) is 0 Å². The predicted molar refractivity (Wildman–Crippen MR) is 330 cm³/mol. The molecule has 0 aliphatic carbocycles. The molecule has 0 aliphatic heterocycles. The number of allylic oxidation sites excluding steroid dienone is 4. The molecule has 0 saturated heterocycles. The van der Waals surface area contributed by atoms with Gasteiger partial charge >= 0.3 is 39.5 Å². The molecular formula is C64H120O17P2. The molecule has 0 aromatic heterocycles. The van der Waals surface area contributed by atoms with Gasteiger partial charge in [-0.2, -0.15) is 0 Å². The van der Waals surface area contributed by atoms with Crippen molar-refractivity contribution in [3.8, 4) is 0 Å². The van der Waals surface area contributed by atoms with Crippen molar-refractivity contribution >= 4 is 39.5 Å². The van der Waals surface area contributed by atoms with E-state index in [1.807, 2.05) is 0 Å². The fraction of sp³-hybridized carbons (Fsp3) is 0.875. The third-order valence-electron chi connectivity index (χ3n) is 14.0. The van der Waals surface area contributed by atoms with Crippen LogP contribution in [0.25, 0.3) is 0 Å². The summed E-state index contributed by atoms with van der Waals surface area (Å²) in [6.07, 6.45) is 38.9. The highest BCUT2D eigenvalue weighted by atomic mass is 31.2. The Kier molecular flexibility index (Phi) is 53.3. The Labute approximate surface area is 503 Å². The Morgan fingerprint density at radius 2 is 0.651 bits per heavy atom. The summed E-state index contributed by atoms with van der Waals surface area (Å²) in [4.78, 5) is 72.1. The number of carbonyl (C=O) groups is 4. The summed E-state index contributed by atoms with van der Waals surface area (Å²) < 4.78 is 67.9. The Morgan fingerprint density at radius 1 is 0.373 bits per heavy atom. The molecule has 0 aliphatic rings. The van der Waals surface area contributed by atoms with Crippen LogP contribution >= 0.6 is 15.6 Å². The molecule has 83 heavy (non-hydrogen) atoms. The SMILES string of the molecule is CCCCCC/C=C\C=C/CCCCCCCC(=O)O[C@H](COC(=O)CCCCCCCCCC(C)C)COP(=O)(O)OCC(O)COP(=O)(O)OC[C@@H](COC(=O)CCCCCCCCC(C)C)OC(=O)CCCCCCCCC(C)C. The summed E-state index contributed by atoms with van der Waals surface area (Å²) >= 11 is 0. The second-order valence-electron chi connectivity index (χ2n) is 23.9. The number of ether oxygens (including phenoxy) is 4.